The lowest BCUT2D eigenvalue weighted by molar-refractivity contribution is -0.149. The molecule has 0 aromatic rings. The van der Waals surface area contributed by atoms with Crippen molar-refractivity contribution in [3.63, 3.8) is 0 Å². The molecule has 0 saturated heterocycles. The monoisotopic (exact) mass is 199 g/mol. The Balaban J connectivity index is 2.55. The van der Waals surface area contributed by atoms with Gasteiger partial charge in [-0.25, -0.2) is 0 Å². The highest BCUT2D eigenvalue weighted by molar-refractivity contribution is 5.75. The first-order chi connectivity index (χ1) is 6.60. The molecule has 1 aliphatic rings. The lowest BCUT2D eigenvalue weighted by Crippen LogP contribution is -2.40. The van der Waals surface area contributed by atoms with Crippen molar-refractivity contribution in [2.45, 2.75) is 39.0 Å². The summed E-state index contributed by atoms with van der Waals surface area (Å²) in [5.74, 6) is -0.599. The molecule has 14 heavy (non-hydrogen) atoms. The van der Waals surface area contributed by atoms with E-state index in [2.05, 4.69) is 11.8 Å². The minimum atomic E-state index is -0.599. The summed E-state index contributed by atoms with van der Waals surface area (Å²) in [6, 6.07) is 0. The van der Waals surface area contributed by atoms with E-state index in [-0.39, 0.29) is 0 Å². The first-order valence-corrected chi connectivity index (χ1v) is 5.53. The predicted molar refractivity (Wildman–Crippen MR) is 56.3 cm³/mol. The zero-order chi connectivity index (χ0) is 10.6. The van der Waals surface area contributed by atoms with Crippen molar-refractivity contribution in [3.05, 3.63) is 0 Å². The second-order valence-electron chi connectivity index (χ2n) is 4.53. The Morgan fingerprint density at radius 2 is 2.00 bits per heavy atom. The van der Waals surface area contributed by atoms with Gasteiger partial charge in [0.1, 0.15) is 0 Å². The molecule has 0 radical (unpaired) electrons. The van der Waals surface area contributed by atoms with Crippen LogP contribution in [0.25, 0.3) is 0 Å². The van der Waals surface area contributed by atoms with Gasteiger partial charge in [0, 0.05) is 6.54 Å². The molecular weight excluding hydrogens is 178 g/mol. The molecule has 1 fully saturated rings. The van der Waals surface area contributed by atoms with Crippen molar-refractivity contribution in [3.8, 4) is 0 Å². The normalized spacial score (nSPS) is 20.2. The van der Waals surface area contributed by atoms with Gasteiger partial charge in [0.25, 0.3) is 0 Å². The first kappa shape index (κ1) is 11.5. The van der Waals surface area contributed by atoms with Gasteiger partial charge in [0.2, 0.25) is 0 Å². The highest BCUT2D eigenvalue weighted by Gasteiger charge is 2.41. The van der Waals surface area contributed by atoms with Crippen molar-refractivity contribution in [1.29, 1.82) is 0 Å². The topological polar surface area (TPSA) is 40.5 Å². The zero-order valence-electron chi connectivity index (χ0n) is 9.25. The van der Waals surface area contributed by atoms with Gasteiger partial charge in [0.05, 0.1) is 5.41 Å². The van der Waals surface area contributed by atoms with E-state index >= 15 is 0 Å². The Labute approximate surface area is 86.1 Å². The zero-order valence-corrected chi connectivity index (χ0v) is 9.25. The van der Waals surface area contributed by atoms with E-state index in [0.29, 0.717) is 0 Å². The van der Waals surface area contributed by atoms with E-state index in [0.717, 1.165) is 45.2 Å². The van der Waals surface area contributed by atoms with Gasteiger partial charge in [-0.05, 0) is 32.9 Å². The van der Waals surface area contributed by atoms with Crippen LogP contribution in [0, 0.1) is 5.41 Å². The molecule has 3 heteroatoms. The van der Waals surface area contributed by atoms with E-state index in [1.165, 1.54) is 0 Å². The molecule has 0 unspecified atom stereocenters. The number of carbonyl (C=O) groups is 1. The Kier molecular flexibility index (Phi) is 3.93. The van der Waals surface area contributed by atoms with Gasteiger partial charge in [-0.1, -0.05) is 19.8 Å². The van der Waals surface area contributed by atoms with Gasteiger partial charge in [-0.2, -0.15) is 0 Å². The molecule has 0 atom stereocenters. The highest BCUT2D eigenvalue weighted by Crippen LogP contribution is 2.38. The molecule has 1 N–H and O–H groups in total. The highest BCUT2D eigenvalue weighted by atomic mass is 16.4. The molecule has 0 aromatic heterocycles. The second-order valence-corrected chi connectivity index (χ2v) is 4.53. The van der Waals surface area contributed by atoms with Crippen molar-refractivity contribution < 1.29 is 9.90 Å². The van der Waals surface area contributed by atoms with Crippen LogP contribution >= 0.6 is 0 Å². The number of hydrogen-bond donors (Lipinski definition) is 1. The fraction of sp³-hybridized carbons (Fsp3) is 0.909. The van der Waals surface area contributed by atoms with Crippen molar-refractivity contribution in [1.82, 2.24) is 4.90 Å². The third-order valence-electron chi connectivity index (χ3n) is 3.19. The Hall–Kier alpha value is -0.570. The van der Waals surface area contributed by atoms with E-state index in [9.17, 15) is 9.90 Å². The standard InChI is InChI=1S/C11H21NO2/c1-3-8-12(2)9-11(10(13)14)6-4-5-7-11/h3-9H2,1-2H3,(H,13,14). The number of nitrogens with zero attached hydrogens (tertiary/aromatic N) is 1. The van der Waals surface area contributed by atoms with Crippen molar-refractivity contribution in [2.75, 3.05) is 20.1 Å². The number of carboxylic acids is 1. The molecule has 0 bridgehead atoms. The lowest BCUT2D eigenvalue weighted by Gasteiger charge is -2.29. The Morgan fingerprint density at radius 3 is 2.43 bits per heavy atom. The minimum absolute atomic E-state index is 0.441. The number of aliphatic carboxylic acids is 1. The second kappa shape index (κ2) is 4.78. The number of hydrogen-bond acceptors (Lipinski definition) is 2. The maximum atomic E-state index is 11.2. The molecule has 0 heterocycles. The van der Waals surface area contributed by atoms with Gasteiger partial charge in [-0.15, -0.1) is 0 Å². The third kappa shape index (κ3) is 2.47. The van der Waals surface area contributed by atoms with Crippen LogP contribution in [0.15, 0.2) is 0 Å². The van der Waals surface area contributed by atoms with Crippen molar-refractivity contribution in [2.24, 2.45) is 5.41 Å². The molecule has 0 aliphatic heterocycles. The smallest absolute Gasteiger partial charge is 0.310 e. The summed E-state index contributed by atoms with van der Waals surface area (Å²) in [4.78, 5) is 13.4. The summed E-state index contributed by atoms with van der Waals surface area (Å²) in [6.07, 6.45) is 4.96. The van der Waals surface area contributed by atoms with Crippen LogP contribution in [-0.2, 0) is 4.79 Å². The summed E-state index contributed by atoms with van der Waals surface area (Å²) < 4.78 is 0. The maximum Gasteiger partial charge on any atom is 0.310 e. The van der Waals surface area contributed by atoms with Crippen LogP contribution < -0.4 is 0 Å². The average Bonchev–Trinajstić information content (AvgIpc) is 2.54. The van der Waals surface area contributed by atoms with Crippen LogP contribution in [0.2, 0.25) is 0 Å². The van der Waals surface area contributed by atoms with Crippen LogP contribution in [0.4, 0.5) is 0 Å². The quantitative estimate of drug-likeness (QED) is 0.736. The van der Waals surface area contributed by atoms with E-state index < -0.39 is 11.4 Å². The summed E-state index contributed by atoms with van der Waals surface area (Å²) in [7, 11) is 2.02. The predicted octanol–water partition coefficient (Wildman–Crippen LogP) is 1.97. The summed E-state index contributed by atoms with van der Waals surface area (Å²) in [6.45, 7) is 3.84. The number of rotatable bonds is 5. The summed E-state index contributed by atoms with van der Waals surface area (Å²) >= 11 is 0. The molecule has 82 valence electrons. The molecule has 1 aliphatic carbocycles. The molecule has 0 amide bonds. The lowest BCUT2D eigenvalue weighted by atomic mass is 9.86. The van der Waals surface area contributed by atoms with Crippen LogP contribution in [0.3, 0.4) is 0 Å². The molecular formula is C11H21NO2. The summed E-state index contributed by atoms with van der Waals surface area (Å²) in [5.41, 5.74) is -0.441. The van der Waals surface area contributed by atoms with Gasteiger partial charge in [0.15, 0.2) is 0 Å². The first-order valence-electron chi connectivity index (χ1n) is 5.53. The maximum absolute atomic E-state index is 11.2. The van der Waals surface area contributed by atoms with E-state index in [1.54, 1.807) is 0 Å². The Bertz CT molecular complexity index is 197. The van der Waals surface area contributed by atoms with Crippen LogP contribution in [0.1, 0.15) is 39.0 Å². The molecule has 3 nitrogen and oxygen atoms in total. The van der Waals surface area contributed by atoms with Crippen molar-refractivity contribution >= 4 is 5.97 Å². The Morgan fingerprint density at radius 1 is 1.43 bits per heavy atom. The summed E-state index contributed by atoms with van der Waals surface area (Å²) in [5, 5.41) is 9.25. The molecule has 1 rings (SSSR count). The van der Waals surface area contributed by atoms with Gasteiger partial charge < -0.3 is 10.0 Å². The molecule has 0 aromatic carbocycles. The third-order valence-corrected chi connectivity index (χ3v) is 3.19. The SMILES string of the molecule is CCCN(C)CC1(C(=O)O)CCCC1. The van der Waals surface area contributed by atoms with E-state index in [1.807, 2.05) is 7.05 Å². The van der Waals surface area contributed by atoms with E-state index in [4.69, 9.17) is 0 Å². The number of carboxylic acid groups (broad SMARTS) is 1. The fourth-order valence-electron chi connectivity index (χ4n) is 2.47. The van der Waals surface area contributed by atoms with Gasteiger partial charge in [-0.3, -0.25) is 4.79 Å². The van der Waals surface area contributed by atoms with Gasteiger partial charge >= 0.3 is 5.97 Å². The van der Waals surface area contributed by atoms with Crippen LogP contribution in [-0.4, -0.2) is 36.1 Å². The van der Waals surface area contributed by atoms with Crippen LogP contribution in [0.5, 0.6) is 0 Å². The molecule has 1 saturated carbocycles. The largest absolute Gasteiger partial charge is 0.481 e. The fourth-order valence-corrected chi connectivity index (χ4v) is 2.47. The average molecular weight is 199 g/mol. The minimum Gasteiger partial charge on any atom is -0.481 e. The molecule has 0 spiro atoms.